The fourth-order valence-corrected chi connectivity index (χ4v) is 1.83. The Balaban J connectivity index is 2.11. The molecule has 5 nitrogen and oxygen atoms in total. The van der Waals surface area contributed by atoms with E-state index in [9.17, 15) is 9.59 Å². The number of carbonyl (C=O) groups excluding carboxylic acids is 2. The summed E-state index contributed by atoms with van der Waals surface area (Å²) in [6, 6.07) is 7.19. The molecule has 0 atom stereocenters. The van der Waals surface area contributed by atoms with Crippen LogP contribution in [-0.2, 0) is 4.74 Å². The summed E-state index contributed by atoms with van der Waals surface area (Å²) in [6.07, 6.45) is 1.28. The van der Waals surface area contributed by atoms with Gasteiger partial charge in [-0.3, -0.25) is 4.79 Å². The van der Waals surface area contributed by atoms with Gasteiger partial charge in [-0.25, -0.2) is 4.79 Å². The first kappa shape index (κ1) is 18.2. The first-order valence-electron chi connectivity index (χ1n) is 7.72. The Bertz CT molecular complexity index is 469. The molecule has 0 saturated heterocycles. The van der Waals surface area contributed by atoms with Gasteiger partial charge < -0.3 is 15.4 Å². The minimum atomic E-state index is -0.249. The van der Waals surface area contributed by atoms with E-state index in [1.807, 2.05) is 45.0 Å². The second-order valence-electron chi connectivity index (χ2n) is 5.49. The third kappa shape index (κ3) is 7.78. The van der Waals surface area contributed by atoms with Crippen LogP contribution in [0.4, 0.5) is 4.79 Å². The van der Waals surface area contributed by atoms with Crippen molar-refractivity contribution in [3.05, 3.63) is 35.4 Å². The van der Waals surface area contributed by atoms with E-state index in [-0.39, 0.29) is 17.9 Å². The summed E-state index contributed by atoms with van der Waals surface area (Å²) in [6.45, 7) is 7.46. The Morgan fingerprint density at radius 2 is 1.73 bits per heavy atom. The maximum absolute atomic E-state index is 11.9. The van der Waals surface area contributed by atoms with Gasteiger partial charge in [0, 0.05) is 31.7 Å². The van der Waals surface area contributed by atoms with Crippen LogP contribution in [0.5, 0.6) is 0 Å². The number of amides is 2. The zero-order valence-corrected chi connectivity index (χ0v) is 13.6. The lowest BCUT2D eigenvalue weighted by Gasteiger charge is -2.09. The molecule has 0 bridgehead atoms. The van der Waals surface area contributed by atoms with Crippen molar-refractivity contribution in [2.24, 2.45) is 0 Å². The number of carbonyl (C=O) groups is 2. The number of rotatable bonds is 9. The normalized spacial score (nSPS) is 10.5. The SMILES string of the molecule is Cc1ccc(C(=O)CCNC(=O)NCCCOC(C)C)cc1. The predicted octanol–water partition coefficient (Wildman–Crippen LogP) is 2.68. The van der Waals surface area contributed by atoms with Crippen molar-refractivity contribution in [2.75, 3.05) is 19.7 Å². The van der Waals surface area contributed by atoms with Gasteiger partial charge in [-0.05, 0) is 27.2 Å². The number of benzene rings is 1. The molecule has 0 aliphatic rings. The molecule has 0 heterocycles. The van der Waals surface area contributed by atoms with Crippen molar-refractivity contribution in [1.29, 1.82) is 0 Å². The smallest absolute Gasteiger partial charge is 0.314 e. The maximum atomic E-state index is 11.9. The van der Waals surface area contributed by atoms with E-state index in [2.05, 4.69) is 10.6 Å². The summed E-state index contributed by atoms with van der Waals surface area (Å²) in [5.41, 5.74) is 1.80. The third-order valence-corrected chi connectivity index (χ3v) is 3.07. The molecule has 0 fully saturated rings. The van der Waals surface area contributed by atoms with Crippen molar-refractivity contribution in [2.45, 2.75) is 39.7 Å². The first-order chi connectivity index (χ1) is 10.5. The molecule has 0 radical (unpaired) electrons. The standard InChI is InChI=1S/C17H26N2O3/c1-13(2)22-12-4-10-18-17(21)19-11-9-16(20)15-7-5-14(3)6-8-15/h5-8,13H,4,9-12H2,1-3H3,(H2,18,19,21). The molecule has 5 heteroatoms. The second-order valence-corrected chi connectivity index (χ2v) is 5.49. The van der Waals surface area contributed by atoms with Crippen LogP contribution in [0, 0.1) is 6.92 Å². The van der Waals surface area contributed by atoms with Crippen LogP contribution in [0.15, 0.2) is 24.3 Å². The highest BCUT2D eigenvalue weighted by molar-refractivity contribution is 5.96. The molecule has 22 heavy (non-hydrogen) atoms. The molecule has 1 aromatic carbocycles. The van der Waals surface area contributed by atoms with E-state index < -0.39 is 0 Å². The van der Waals surface area contributed by atoms with Crippen LogP contribution in [0.25, 0.3) is 0 Å². The predicted molar refractivity (Wildman–Crippen MR) is 87.2 cm³/mol. The fraction of sp³-hybridized carbons (Fsp3) is 0.529. The maximum Gasteiger partial charge on any atom is 0.314 e. The number of ether oxygens (including phenoxy) is 1. The van der Waals surface area contributed by atoms with Crippen molar-refractivity contribution < 1.29 is 14.3 Å². The summed E-state index contributed by atoms with van der Waals surface area (Å²) in [5, 5.41) is 5.42. The summed E-state index contributed by atoms with van der Waals surface area (Å²) >= 11 is 0. The van der Waals surface area contributed by atoms with E-state index in [4.69, 9.17) is 4.74 Å². The average Bonchev–Trinajstić information content (AvgIpc) is 2.47. The minimum absolute atomic E-state index is 0.0330. The lowest BCUT2D eigenvalue weighted by atomic mass is 10.1. The molecular weight excluding hydrogens is 280 g/mol. The fourth-order valence-electron chi connectivity index (χ4n) is 1.83. The Kier molecular flexibility index (Phi) is 8.22. The number of hydrogen-bond donors (Lipinski definition) is 2. The van der Waals surface area contributed by atoms with E-state index in [1.165, 1.54) is 0 Å². The quantitative estimate of drug-likeness (QED) is 0.544. The zero-order valence-electron chi connectivity index (χ0n) is 13.6. The molecule has 0 unspecified atom stereocenters. The Morgan fingerprint density at radius 3 is 2.36 bits per heavy atom. The number of aryl methyl sites for hydroxylation is 1. The molecule has 122 valence electrons. The Morgan fingerprint density at radius 1 is 1.09 bits per heavy atom. The second kappa shape index (κ2) is 9.95. The zero-order chi connectivity index (χ0) is 16.4. The van der Waals surface area contributed by atoms with Crippen molar-refractivity contribution in [3.63, 3.8) is 0 Å². The van der Waals surface area contributed by atoms with Crippen molar-refractivity contribution in [1.82, 2.24) is 10.6 Å². The van der Waals surface area contributed by atoms with Gasteiger partial charge in [-0.15, -0.1) is 0 Å². The molecule has 0 aliphatic heterocycles. The third-order valence-electron chi connectivity index (χ3n) is 3.07. The summed E-state index contributed by atoms with van der Waals surface area (Å²) in [5.74, 6) is 0.0330. The van der Waals surface area contributed by atoms with E-state index in [0.29, 0.717) is 31.7 Å². The van der Waals surface area contributed by atoms with Crippen LogP contribution in [0.1, 0.15) is 42.6 Å². The Labute approximate surface area is 132 Å². The summed E-state index contributed by atoms with van der Waals surface area (Å²) in [7, 11) is 0. The molecule has 2 amide bonds. The van der Waals surface area contributed by atoms with Crippen LogP contribution < -0.4 is 10.6 Å². The Hall–Kier alpha value is -1.88. The van der Waals surface area contributed by atoms with Gasteiger partial charge in [-0.2, -0.15) is 0 Å². The molecular formula is C17H26N2O3. The van der Waals surface area contributed by atoms with Crippen molar-refractivity contribution >= 4 is 11.8 Å². The van der Waals surface area contributed by atoms with E-state index >= 15 is 0 Å². The van der Waals surface area contributed by atoms with Crippen LogP contribution in [0.3, 0.4) is 0 Å². The van der Waals surface area contributed by atoms with Gasteiger partial charge >= 0.3 is 6.03 Å². The molecule has 0 spiro atoms. The molecule has 0 saturated carbocycles. The van der Waals surface area contributed by atoms with Gasteiger partial charge in [0.05, 0.1) is 6.10 Å². The number of nitrogens with one attached hydrogen (secondary N) is 2. The van der Waals surface area contributed by atoms with E-state index in [0.717, 1.165) is 12.0 Å². The number of hydrogen-bond acceptors (Lipinski definition) is 3. The molecule has 1 rings (SSSR count). The van der Waals surface area contributed by atoms with E-state index in [1.54, 1.807) is 0 Å². The molecule has 1 aromatic rings. The molecule has 0 aromatic heterocycles. The number of Topliss-reactive ketones (excluding diaryl/α,β-unsaturated/α-hetero) is 1. The topological polar surface area (TPSA) is 67.4 Å². The lowest BCUT2D eigenvalue weighted by molar-refractivity contribution is 0.0774. The van der Waals surface area contributed by atoms with Gasteiger partial charge in [0.1, 0.15) is 0 Å². The van der Waals surface area contributed by atoms with Gasteiger partial charge in [-0.1, -0.05) is 29.8 Å². The van der Waals surface area contributed by atoms with Crippen LogP contribution >= 0.6 is 0 Å². The molecule has 0 aliphatic carbocycles. The summed E-state index contributed by atoms with van der Waals surface area (Å²) in [4.78, 5) is 23.4. The highest BCUT2D eigenvalue weighted by Gasteiger charge is 2.06. The number of urea groups is 1. The van der Waals surface area contributed by atoms with Gasteiger partial charge in [0.15, 0.2) is 5.78 Å². The highest BCUT2D eigenvalue weighted by atomic mass is 16.5. The van der Waals surface area contributed by atoms with Gasteiger partial charge in [0.25, 0.3) is 0 Å². The number of ketones is 1. The monoisotopic (exact) mass is 306 g/mol. The largest absolute Gasteiger partial charge is 0.379 e. The van der Waals surface area contributed by atoms with Gasteiger partial charge in [0.2, 0.25) is 0 Å². The van der Waals surface area contributed by atoms with Crippen LogP contribution in [-0.4, -0.2) is 37.6 Å². The summed E-state index contributed by atoms with van der Waals surface area (Å²) < 4.78 is 5.38. The minimum Gasteiger partial charge on any atom is -0.379 e. The van der Waals surface area contributed by atoms with Crippen LogP contribution in [0.2, 0.25) is 0 Å². The lowest BCUT2D eigenvalue weighted by Crippen LogP contribution is -2.37. The molecule has 2 N–H and O–H groups in total. The average molecular weight is 306 g/mol. The first-order valence-corrected chi connectivity index (χ1v) is 7.72. The van der Waals surface area contributed by atoms with Crippen molar-refractivity contribution in [3.8, 4) is 0 Å². The highest BCUT2D eigenvalue weighted by Crippen LogP contribution is 2.05.